The van der Waals surface area contributed by atoms with E-state index in [2.05, 4.69) is 15.5 Å². The number of carboxylic acids is 1. The van der Waals surface area contributed by atoms with Crippen molar-refractivity contribution in [1.82, 2.24) is 10.2 Å². The molecular weight excluding hydrogens is 366 g/mol. The van der Waals surface area contributed by atoms with E-state index in [0.29, 0.717) is 23.0 Å². The van der Waals surface area contributed by atoms with Gasteiger partial charge in [-0.15, -0.1) is 10.2 Å². The predicted octanol–water partition coefficient (Wildman–Crippen LogP) is 3.60. The van der Waals surface area contributed by atoms with Crippen LogP contribution in [0, 0.1) is 11.8 Å². The molecule has 8 heteroatoms. The molecule has 1 aromatic carbocycles. The van der Waals surface area contributed by atoms with E-state index in [-0.39, 0.29) is 5.91 Å². The van der Waals surface area contributed by atoms with Gasteiger partial charge in [-0.3, -0.25) is 9.59 Å². The summed E-state index contributed by atoms with van der Waals surface area (Å²) in [4.78, 5) is 24.3. The number of nitrogens with zero attached hydrogens (tertiary/aromatic N) is 2. The third kappa shape index (κ3) is 4.16. The van der Waals surface area contributed by atoms with Crippen molar-refractivity contribution in [1.29, 1.82) is 0 Å². The number of rotatable bonds is 5. The monoisotopic (exact) mass is 387 g/mol. The van der Waals surface area contributed by atoms with Gasteiger partial charge in [-0.25, -0.2) is 0 Å². The molecule has 0 bridgehead atoms. The number of allylic oxidation sites excluding steroid dienone is 2. The minimum atomic E-state index is -0.946. The molecule has 0 spiro atoms. The fraction of sp³-hybridized carbons (Fsp3) is 0.368. The van der Waals surface area contributed by atoms with Crippen molar-refractivity contribution in [2.24, 2.45) is 11.8 Å². The molecule has 0 radical (unpaired) electrons. The number of carbonyl (C=O) groups is 2. The first kappa shape index (κ1) is 19.0. The average Bonchev–Trinajstić information content (AvgIpc) is 3.11. The number of hydrogen-bond donors (Lipinski definition) is 2. The Morgan fingerprint density at radius 1 is 1.11 bits per heavy atom. The molecule has 0 unspecified atom stereocenters. The van der Waals surface area contributed by atoms with Crippen LogP contribution >= 0.6 is 11.3 Å². The Bertz CT molecular complexity index is 889. The van der Waals surface area contributed by atoms with E-state index in [1.807, 2.05) is 38.1 Å². The van der Waals surface area contributed by atoms with Crippen LogP contribution in [0.25, 0.3) is 10.6 Å². The van der Waals surface area contributed by atoms with E-state index in [0.717, 1.165) is 22.5 Å². The van der Waals surface area contributed by atoms with Crippen LogP contribution in [0.3, 0.4) is 0 Å². The van der Waals surface area contributed by atoms with Crippen LogP contribution < -0.4 is 10.1 Å². The van der Waals surface area contributed by atoms with Crippen LogP contribution in [0.5, 0.6) is 5.75 Å². The van der Waals surface area contributed by atoms with Crippen LogP contribution in [0.1, 0.15) is 26.7 Å². The predicted molar refractivity (Wildman–Crippen MR) is 103 cm³/mol. The van der Waals surface area contributed by atoms with E-state index >= 15 is 0 Å². The normalized spacial score (nSPS) is 19.7. The molecule has 1 amide bonds. The molecule has 0 saturated carbocycles. The average molecular weight is 387 g/mol. The Kier molecular flexibility index (Phi) is 5.55. The summed E-state index contributed by atoms with van der Waals surface area (Å²) in [5.41, 5.74) is 2.98. The fourth-order valence-electron chi connectivity index (χ4n) is 3.15. The molecule has 1 aliphatic carbocycles. The molecule has 27 heavy (non-hydrogen) atoms. The van der Waals surface area contributed by atoms with Gasteiger partial charge in [-0.1, -0.05) is 22.5 Å². The molecule has 0 fully saturated rings. The van der Waals surface area contributed by atoms with Gasteiger partial charge in [0.1, 0.15) is 10.8 Å². The second-order valence-electron chi connectivity index (χ2n) is 6.65. The molecular formula is C19H21N3O4S. The third-order valence-electron chi connectivity index (χ3n) is 4.91. The number of methoxy groups -OCH3 is 1. The Hall–Kier alpha value is -2.74. The molecule has 3 rings (SSSR count). The van der Waals surface area contributed by atoms with Crippen molar-refractivity contribution < 1.29 is 19.4 Å². The van der Waals surface area contributed by atoms with Crippen molar-refractivity contribution in [3.05, 3.63) is 35.4 Å². The van der Waals surface area contributed by atoms with Gasteiger partial charge < -0.3 is 15.2 Å². The largest absolute Gasteiger partial charge is 0.497 e. The highest BCUT2D eigenvalue weighted by Crippen LogP contribution is 2.35. The van der Waals surface area contributed by atoms with Crippen molar-refractivity contribution in [3.63, 3.8) is 0 Å². The Labute approximate surface area is 161 Å². The van der Waals surface area contributed by atoms with E-state index < -0.39 is 17.8 Å². The minimum Gasteiger partial charge on any atom is -0.497 e. The number of ether oxygens (including phenoxy) is 1. The zero-order valence-electron chi connectivity index (χ0n) is 15.4. The number of amides is 1. The van der Waals surface area contributed by atoms with Gasteiger partial charge in [0, 0.05) is 5.56 Å². The van der Waals surface area contributed by atoms with Gasteiger partial charge in [-0.2, -0.15) is 0 Å². The lowest BCUT2D eigenvalue weighted by Gasteiger charge is -2.29. The van der Waals surface area contributed by atoms with Gasteiger partial charge in [-0.05, 0) is 51.0 Å². The summed E-state index contributed by atoms with van der Waals surface area (Å²) >= 11 is 1.25. The Morgan fingerprint density at radius 3 is 2.33 bits per heavy atom. The zero-order chi connectivity index (χ0) is 19.6. The van der Waals surface area contributed by atoms with Gasteiger partial charge in [0.15, 0.2) is 0 Å². The molecule has 1 heterocycles. The zero-order valence-corrected chi connectivity index (χ0v) is 16.2. The summed E-state index contributed by atoms with van der Waals surface area (Å²) in [5, 5.41) is 21.4. The summed E-state index contributed by atoms with van der Waals surface area (Å²) in [6.07, 6.45) is 0.839. The van der Waals surface area contributed by atoms with E-state index in [1.165, 1.54) is 11.3 Å². The molecule has 2 N–H and O–H groups in total. The van der Waals surface area contributed by atoms with Crippen LogP contribution in [0.2, 0.25) is 0 Å². The number of carbonyl (C=O) groups excluding carboxylic acids is 1. The molecule has 2 atom stereocenters. The molecule has 0 saturated heterocycles. The highest BCUT2D eigenvalue weighted by atomic mass is 32.1. The highest BCUT2D eigenvalue weighted by molar-refractivity contribution is 7.18. The second kappa shape index (κ2) is 7.87. The molecule has 142 valence electrons. The maximum absolute atomic E-state index is 12.7. The summed E-state index contributed by atoms with van der Waals surface area (Å²) in [5.74, 6) is -1.86. The lowest BCUT2D eigenvalue weighted by Crippen LogP contribution is -2.36. The van der Waals surface area contributed by atoms with E-state index in [1.54, 1.807) is 7.11 Å². The van der Waals surface area contributed by atoms with Crippen molar-refractivity contribution in [2.75, 3.05) is 12.4 Å². The smallest absolute Gasteiger partial charge is 0.307 e. The molecule has 1 aromatic heterocycles. The Balaban J connectivity index is 1.74. The van der Waals surface area contributed by atoms with Crippen LogP contribution in [-0.4, -0.2) is 34.3 Å². The molecule has 2 aromatic rings. The van der Waals surface area contributed by atoms with E-state index in [4.69, 9.17) is 4.74 Å². The quantitative estimate of drug-likeness (QED) is 0.760. The first-order valence-electron chi connectivity index (χ1n) is 8.56. The van der Waals surface area contributed by atoms with Gasteiger partial charge in [0.05, 0.1) is 18.9 Å². The third-order valence-corrected chi connectivity index (χ3v) is 5.80. The van der Waals surface area contributed by atoms with Crippen LogP contribution in [0.15, 0.2) is 35.4 Å². The summed E-state index contributed by atoms with van der Waals surface area (Å²) in [6, 6.07) is 7.38. The second-order valence-corrected chi connectivity index (χ2v) is 7.63. The first-order chi connectivity index (χ1) is 12.9. The van der Waals surface area contributed by atoms with Gasteiger partial charge >= 0.3 is 5.97 Å². The molecule has 0 aliphatic heterocycles. The van der Waals surface area contributed by atoms with Crippen LogP contribution in [-0.2, 0) is 9.59 Å². The Morgan fingerprint density at radius 2 is 1.74 bits per heavy atom. The summed E-state index contributed by atoms with van der Waals surface area (Å²) < 4.78 is 5.13. The number of nitrogens with one attached hydrogen (secondary N) is 1. The maximum Gasteiger partial charge on any atom is 0.307 e. The number of carboxylic acid groups (broad SMARTS) is 1. The topological polar surface area (TPSA) is 101 Å². The SMILES string of the molecule is COc1ccc(-c2nnc(NC(=O)[C@H]3CC(C)=C(C)C[C@H]3C(=O)O)s2)cc1. The molecule has 7 nitrogen and oxygen atoms in total. The number of benzene rings is 1. The van der Waals surface area contributed by atoms with E-state index in [9.17, 15) is 14.7 Å². The highest BCUT2D eigenvalue weighted by Gasteiger charge is 2.37. The van der Waals surface area contributed by atoms with Crippen molar-refractivity contribution in [3.8, 4) is 16.3 Å². The summed E-state index contributed by atoms with van der Waals surface area (Å²) in [7, 11) is 1.60. The number of hydrogen-bond acceptors (Lipinski definition) is 6. The first-order valence-corrected chi connectivity index (χ1v) is 9.37. The number of anilines is 1. The lowest BCUT2D eigenvalue weighted by atomic mass is 9.76. The van der Waals surface area contributed by atoms with Gasteiger partial charge in [0.25, 0.3) is 0 Å². The minimum absolute atomic E-state index is 0.327. The fourth-order valence-corrected chi connectivity index (χ4v) is 3.90. The van der Waals surface area contributed by atoms with Crippen molar-refractivity contribution in [2.45, 2.75) is 26.7 Å². The van der Waals surface area contributed by atoms with Gasteiger partial charge in [0.2, 0.25) is 11.0 Å². The number of aromatic nitrogens is 2. The standard InChI is InChI=1S/C19H21N3O4S/c1-10-8-14(15(18(24)25)9-11(10)2)16(23)20-19-22-21-17(27-19)12-4-6-13(26-3)7-5-12/h4-7,14-15H,8-9H2,1-3H3,(H,24,25)(H,20,22,23)/t14-,15+/m0/s1. The molecule has 1 aliphatic rings. The van der Waals surface area contributed by atoms with Crippen LogP contribution in [0.4, 0.5) is 5.13 Å². The van der Waals surface area contributed by atoms with Crippen molar-refractivity contribution >= 4 is 28.3 Å². The number of aliphatic carboxylic acids is 1. The maximum atomic E-state index is 12.7. The lowest BCUT2D eigenvalue weighted by molar-refractivity contribution is -0.146. The summed E-state index contributed by atoms with van der Waals surface area (Å²) in [6.45, 7) is 3.87.